The summed E-state index contributed by atoms with van der Waals surface area (Å²) in [5, 5.41) is 0. The topological polar surface area (TPSA) is 40.5 Å². The summed E-state index contributed by atoms with van der Waals surface area (Å²) >= 11 is 0. The molecule has 0 bridgehead atoms. The lowest BCUT2D eigenvalue weighted by Crippen LogP contribution is -2.03. The summed E-state index contributed by atoms with van der Waals surface area (Å²) in [4.78, 5) is 12.5. The van der Waals surface area contributed by atoms with Crippen LogP contribution in [0, 0.1) is 0 Å². The van der Waals surface area contributed by atoms with Crippen molar-refractivity contribution in [3.8, 4) is 17.2 Å². The molecule has 138 valence electrons. The van der Waals surface area contributed by atoms with Crippen LogP contribution in [-0.2, 0) is 0 Å². The molecule has 0 amide bonds. The number of allylic oxidation sites excluding steroid dienone is 1. The number of carbonyl (C=O) groups is 1. The summed E-state index contributed by atoms with van der Waals surface area (Å²) in [6.07, 6.45) is 6.82. The highest BCUT2D eigenvalue weighted by atomic mass is 19.3. The fourth-order valence-corrected chi connectivity index (χ4v) is 2.58. The van der Waals surface area contributed by atoms with Gasteiger partial charge < -0.3 is 14.0 Å². The minimum atomic E-state index is -2.94. The van der Waals surface area contributed by atoms with Crippen molar-refractivity contribution < 1.29 is 23.0 Å². The SMILES string of the molecule is COc1cc(/C=C/C(=O)c2cccc(-n3cccc3)c2)ccc1OC(F)F. The van der Waals surface area contributed by atoms with E-state index in [2.05, 4.69) is 4.74 Å². The van der Waals surface area contributed by atoms with Crippen molar-refractivity contribution in [2.45, 2.75) is 6.61 Å². The van der Waals surface area contributed by atoms with E-state index < -0.39 is 6.61 Å². The van der Waals surface area contributed by atoms with E-state index in [1.807, 2.05) is 41.2 Å². The maximum atomic E-state index is 12.5. The maximum Gasteiger partial charge on any atom is 0.387 e. The van der Waals surface area contributed by atoms with Crippen LogP contribution in [0.4, 0.5) is 8.78 Å². The van der Waals surface area contributed by atoms with Crippen LogP contribution in [0.1, 0.15) is 15.9 Å². The van der Waals surface area contributed by atoms with E-state index in [4.69, 9.17) is 4.74 Å². The first-order valence-electron chi connectivity index (χ1n) is 8.15. The fourth-order valence-electron chi connectivity index (χ4n) is 2.58. The van der Waals surface area contributed by atoms with Gasteiger partial charge in [-0.2, -0.15) is 8.78 Å². The van der Waals surface area contributed by atoms with Crippen molar-refractivity contribution in [2.24, 2.45) is 0 Å². The predicted octanol–water partition coefficient (Wildman–Crippen LogP) is 4.98. The Kier molecular flexibility index (Phi) is 5.66. The highest BCUT2D eigenvalue weighted by molar-refractivity contribution is 6.07. The number of alkyl halides is 2. The number of aromatic nitrogens is 1. The zero-order valence-electron chi connectivity index (χ0n) is 14.5. The first-order chi connectivity index (χ1) is 13.1. The van der Waals surface area contributed by atoms with Gasteiger partial charge in [0, 0.05) is 23.6 Å². The zero-order valence-corrected chi connectivity index (χ0v) is 14.5. The summed E-state index contributed by atoms with van der Waals surface area (Å²) in [6, 6.07) is 15.5. The number of benzene rings is 2. The molecule has 3 aromatic rings. The molecular weight excluding hydrogens is 352 g/mol. The van der Waals surface area contributed by atoms with Crippen LogP contribution < -0.4 is 9.47 Å². The van der Waals surface area contributed by atoms with Gasteiger partial charge in [0.25, 0.3) is 0 Å². The zero-order chi connectivity index (χ0) is 19.2. The standard InChI is InChI=1S/C21H17F2NO3/c1-26-20-13-15(8-10-19(20)27-21(22)23)7-9-18(25)16-5-4-6-17(14-16)24-11-2-3-12-24/h2-14,21H,1H3/b9-7+. The number of nitrogens with zero attached hydrogens (tertiary/aromatic N) is 1. The Morgan fingerprint density at radius 2 is 1.81 bits per heavy atom. The Hall–Kier alpha value is -3.41. The molecule has 27 heavy (non-hydrogen) atoms. The average Bonchev–Trinajstić information content (AvgIpc) is 3.21. The summed E-state index contributed by atoms with van der Waals surface area (Å²) in [5.74, 6) is -0.0641. The molecule has 3 rings (SSSR count). The minimum absolute atomic E-state index is 0.0598. The molecule has 1 aromatic heterocycles. The lowest BCUT2D eigenvalue weighted by Gasteiger charge is -2.10. The third kappa shape index (κ3) is 4.61. The van der Waals surface area contributed by atoms with E-state index in [0.29, 0.717) is 11.1 Å². The summed E-state index contributed by atoms with van der Waals surface area (Å²) in [6.45, 7) is -2.94. The number of methoxy groups -OCH3 is 1. The van der Waals surface area contributed by atoms with Crippen molar-refractivity contribution in [3.63, 3.8) is 0 Å². The molecule has 0 aliphatic rings. The highest BCUT2D eigenvalue weighted by Crippen LogP contribution is 2.29. The van der Waals surface area contributed by atoms with Gasteiger partial charge in [0.05, 0.1) is 7.11 Å². The van der Waals surface area contributed by atoms with E-state index in [9.17, 15) is 13.6 Å². The summed E-state index contributed by atoms with van der Waals surface area (Å²) in [5.41, 5.74) is 2.06. The molecule has 0 aliphatic carbocycles. The van der Waals surface area contributed by atoms with E-state index in [0.717, 1.165) is 5.69 Å². The molecule has 0 aliphatic heterocycles. The van der Waals surface area contributed by atoms with Crippen LogP contribution in [-0.4, -0.2) is 24.1 Å². The number of carbonyl (C=O) groups excluding carboxylic acids is 1. The largest absolute Gasteiger partial charge is 0.493 e. The third-order valence-electron chi connectivity index (χ3n) is 3.86. The Morgan fingerprint density at radius 1 is 1.04 bits per heavy atom. The number of hydrogen-bond donors (Lipinski definition) is 0. The molecule has 4 nitrogen and oxygen atoms in total. The molecule has 0 fully saturated rings. The quantitative estimate of drug-likeness (QED) is 0.435. The van der Waals surface area contributed by atoms with E-state index in [1.54, 1.807) is 24.3 Å². The normalized spacial score (nSPS) is 11.1. The van der Waals surface area contributed by atoms with Crippen LogP contribution in [0.2, 0.25) is 0 Å². The van der Waals surface area contributed by atoms with Crippen molar-refractivity contribution in [3.05, 3.63) is 84.2 Å². The van der Waals surface area contributed by atoms with Crippen molar-refractivity contribution in [1.82, 2.24) is 4.57 Å². The van der Waals surface area contributed by atoms with Gasteiger partial charge in [-0.1, -0.05) is 24.3 Å². The van der Waals surface area contributed by atoms with Crippen LogP contribution in [0.3, 0.4) is 0 Å². The average molecular weight is 369 g/mol. The van der Waals surface area contributed by atoms with Crippen molar-refractivity contribution >= 4 is 11.9 Å². The summed E-state index contributed by atoms with van der Waals surface area (Å²) in [7, 11) is 1.36. The lowest BCUT2D eigenvalue weighted by molar-refractivity contribution is -0.0512. The molecule has 0 atom stereocenters. The number of halogens is 2. The molecule has 6 heteroatoms. The van der Waals surface area contributed by atoms with E-state index >= 15 is 0 Å². The van der Waals surface area contributed by atoms with Crippen LogP contribution in [0.25, 0.3) is 11.8 Å². The molecule has 2 aromatic carbocycles. The summed E-state index contributed by atoms with van der Waals surface area (Å²) < 4.78 is 36.1. The second-order valence-electron chi connectivity index (χ2n) is 5.63. The fraction of sp³-hybridized carbons (Fsp3) is 0.0952. The highest BCUT2D eigenvalue weighted by Gasteiger charge is 2.10. The molecule has 0 saturated carbocycles. The van der Waals surface area contributed by atoms with Gasteiger partial charge in [-0.05, 0) is 48.0 Å². The Bertz CT molecular complexity index is 950. The predicted molar refractivity (Wildman–Crippen MR) is 98.8 cm³/mol. The Labute approximate surface area is 155 Å². The maximum absolute atomic E-state index is 12.5. The van der Waals surface area contributed by atoms with Crippen molar-refractivity contribution in [2.75, 3.05) is 7.11 Å². The number of hydrogen-bond acceptors (Lipinski definition) is 3. The number of ether oxygens (including phenoxy) is 2. The van der Waals surface area contributed by atoms with Gasteiger partial charge in [-0.15, -0.1) is 0 Å². The monoisotopic (exact) mass is 369 g/mol. The Morgan fingerprint density at radius 3 is 2.52 bits per heavy atom. The number of rotatable bonds is 7. The van der Waals surface area contributed by atoms with Gasteiger partial charge >= 0.3 is 6.61 Å². The molecule has 0 unspecified atom stereocenters. The van der Waals surface area contributed by atoms with Gasteiger partial charge in [-0.3, -0.25) is 4.79 Å². The van der Waals surface area contributed by atoms with Gasteiger partial charge in [-0.25, -0.2) is 0 Å². The van der Waals surface area contributed by atoms with E-state index in [-0.39, 0.29) is 17.3 Å². The van der Waals surface area contributed by atoms with Crippen LogP contribution >= 0.6 is 0 Å². The first kappa shape index (κ1) is 18.4. The molecule has 0 saturated heterocycles. The molecule has 0 spiro atoms. The first-order valence-corrected chi connectivity index (χ1v) is 8.15. The second-order valence-corrected chi connectivity index (χ2v) is 5.63. The molecule has 1 heterocycles. The van der Waals surface area contributed by atoms with Crippen LogP contribution in [0.5, 0.6) is 11.5 Å². The van der Waals surface area contributed by atoms with Gasteiger partial charge in [0.2, 0.25) is 0 Å². The lowest BCUT2D eigenvalue weighted by atomic mass is 10.1. The van der Waals surface area contributed by atoms with E-state index in [1.165, 1.54) is 25.3 Å². The van der Waals surface area contributed by atoms with Crippen molar-refractivity contribution in [1.29, 1.82) is 0 Å². The van der Waals surface area contributed by atoms with Crippen LogP contribution in [0.15, 0.2) is 73.1 Å². The van der Waals surface area contributed by atoms with Gasteiger partial charge in [0.1, 0.15) is 0 Å². The molecule has 0 N–H and O–H groups in total. The van der Waals surface area contributed by atoms with Gasteiger partial charge in [0.15, 0.2) is 17.3 Å². The Balaban J connectivity index is 1.78. The third-order valence-corrected chi connectivity index (χ3v) is 3.86. The molecule has 0 radical (unpaired) electrons. The smallest absolute Gasteiger partial charge is 0.387 e. The number of ketones is 1. The second kappa shape index (κ2) is 8.31. The molecular formula is C21H17F2NO3. The minimum Gasteiger partial charge on any atom is -0.493 e.